The van der Waals surface area contributed by atoms with E-state index in [1.807, 2.05) is 60.7 Å². The normalized spacial score (nSPS) is 10.5. The van der Waals surface area contributed by atoms with Gasteiger partial charge in [-0.1, -0.05) is 60.7 Å². The number of benzene rings is 2. The Morgan fingerprint density at radius 2 is 1.50 bits per heavy atom. The summed E-state index contributed by atoms with van der Waals surface area (Å²) in [5.41, 5.74) is 2.48. The molecular weight excluding hydrogens is 326 g/mol. The Labute approximate surface area is 153 Å². The van der Waals surface area contributed by atoms with Crippen molar-refractivity contribution in [3.8, 4) is 11.4 Å². The highest BCUT2D eigenvalue weighted by molar-refractivity contribution is 5.93. The van der Waals surface area contributed by atoms with E-state index in [0.29, 0.717) is 17.9 Å². The predicted octanol–water partition coefficient (Wildman–Crippen LogP) is 2.82. The first-order valence-electron chi connectivity index (χ1n) is 8.59. The Bertz CT molecular complexity index is 821. The van der Waals surface area contributed by atoms with Crippen molar-refractivity contribution in [2.75, 3.05) is 19.7 Å². The fourth-order valence-corrected chi connectivity index (χ4v) is 2.70. The molecule has 1 N–H and O–H groups in total. The Morgan fingerprint density at radius 3 is 2.12 bits per heavy atom. The SMILES string of the molecule is O=C(c1cnc(-c2ccccc2)nc1)N(CCO)CCc1ccccc1. The zero-order valence-electron chi connectivity index (χ0n) is 14.5. The van der Waals surface area contributed by atoms with Crippen LogP contribution in [0.2, 0.25) is 0 Å². The number of aliphatic hydroxyl groups is 1. The minimum atomic E-state index is -0.172. The van der Waals surface area contributed by atoms with Crippen LogP contribution >= 0.6 is 0 Å². The van der Waals surface area contributed by atoms with Crippen molar-refractivity contribution < 1.29 is 9.90 Å². The highest BCUT2D eigenvalue weighted by Gasteiger charge is 2.16. The second-order valence-electron chi connectivity index (χ2n) is 5.91. The number of aliphatic hydroxyl groups excluding tert-OH is 1. The van der Waals surface area contributed by atoms with Crippen molar-refractivity contribution in [3.63, 3.8) is 0 Å². The van der Waals surface area contributed by atoms with E-state index in [-0.39, 0.29) is 19.1 Å². The van der Waals surface area contributed by atoms with E-state index >= 15 is 0 Å². The Kier molecular flexibility index (Phi) is 6.06. The van der Waals surface area contributed by atoms with E-state index in [4.69, 9.17) is 0 Å². The molecule has 1 heterocycles. The van der Waals surface area contributed by atoms with Gasteiger partial charge in [0.1, 0.15) is 0 Å². The van der Waals surface area contributed by atoms with Gasteiger partial charge in [0.2, 0.25) is 0 Å². The van der Waals surface area contributed by atoms with Gasteiger partial charge < -0.3 is 10.0 Å². The molecule has 1 aromatic heterocycles. The summed E-state index contributed by atoms with van der Waals surface area (Å²) in [7, 11) is 0. The summed E-state index contributed by atoms with van der Waals surface area (Å²) >= 11 is 0. The van der Waals surface area contributed by atoms with Gasteiger partial charge in [-0.25, -0.2) is 9.97 Å². The fraction of sp³-hybridized carbons (Fsp3) is 0.190. The molecule has 0 saturated heterocycles. The highest BCUT2D eigenvalue weighted by Crippen LogP contribution is 2.14. The molecule has 0 aliphatic heterocycles. The Morgan fingerprint density at radius 1 is 0.885 bits per heavy atom. The van der Waals surface area contributed by atoms with Gasteiger partial charge >= 0.3 is 0 Å². The maximum Gasteiger partial charge on any atom is 0.257 e. The zero-order valence-corrected chi connectivity index (χ0v) is 14.5. The third-order valence-corrected chi connectivity index (χ3v) is 4.10. The first-order valence-corrected chi connectivity index (χ1v) is 8.59. The lowest BCUT2D eigenvalue weighted by Gasteiger charge is -2.21. The quantitative estimate of drug-likeness (QED) is 0.714. The topological polar surface area (TPSA) is 66.3 Å². The molecule has 2 aromatic carbocycles. The number of aromatic nitrogens is 2. The second kappa shape index (κ2) is 8.87. The third kappa shape index (κ3) is 4.52. The average Bonchev–Trinajstić information content (AvgIpc) is 2.72. The van der Waals surface area contributed by atoms with Crippen LogP contribution in [0.3, 0.4) is 0 Å². The van der Waals surface area contributed by atoms with Crippen molar-refractivity contribution in [2.24, 2.45) is 0 Å². The largest absolute Gasteiger partial charge is 0.395 e. The van der Waals surface area contributed by atoms with Crippen molar-refractivity contribution in [1.82, 2.24) is 14.9 Å². The molecule has 26 heavy (non-hydrogen) atoms. The summed E-state index contributed by atoms with van der Waals surface area (Å²) in [5, 5.41) is 9.30. The molecule has 132 valence electrons. The molecule has 0 aliphatic carbocycles. The van der Waals surface area contributed by atoms with E-state index in [2.05, 4.69) is 9.97 Å². The first-order chi connectivity index (χ1) is 12.8. The molecular formula is C21H21N3O2. The van der Waals surface area contributed by atoms with Gasteiger partial charge in [-0.05, 0) is 12.0 Å². The van der Waals surface area contributed by atoms with Gasteiger partial charge in [-0.2, -0.15) is 0 Å². The van der Waals surface area contributed by atoms with Crippen molar-refractivity contribution in [2.45, 2.75) is 6.42 Å². The molecule has 5 heteroatoms. The van der Waals surface area contributed by atoms with Gasteiger partial charge in [0.05, 0.1) is 12.2 Å². The lowest BCUT2D eigenvalue weighted by atomic mass is 10.1. The number of rotatable bonds is 7. The Balaban J connectivity index is 1.70. The molecule has 0 saturated carbocycles. The summed E-state index contributed by atoms with van der Waals surface area (Å²) in [6.07, 6.45) is 3.82. The maximum atomic E-state index is 12.7. The van der Waals surface area contributed by atoms with Crippen LogP contribution in [0.4, 0.5) is 0 Å². The molecule has 0 atom stereocenters. The number of carbonyl (C=O) groups is 1. The molecule has 0 unspecified atom stereocenters. The summed E-state index contributed by atoms with van der Waals surface area (Å²) in [6.45, 7) is 0.736. The van der Waals surface area contributed by atoms with Crippen molar-refractivity contribution in [3.05, 3.63) is 84.2 Å². The number of nitrogens with zero attached hydrogens (tertiary/aromatic N) is 3. The van der Waals surface area contributed by atoms with Crippen molar-refractivity contribution in [1.29, 1.82) is 0 Å². The standard InChI is InChI=1S/C21H21N3O2/c25-14-13-24(12-11-17-7-3-1-4-8-17)21(26)19-15-22-20(23-16-19)18-9-5-2-6-10-18/h1-10,15-16,25H,11-14H2. The minimum absolute atomic E-state index is 0.0799. The smallest absolute Gasteiger partial charge is 0.257 e. The summed E-state index contributed by atoms with van der Waals surface area (Å²) in [5.74, 6) is 0.412. The number of hydrogen-bond donors (Lipinski definition) is 1. The number of carbonyl (C=O) groups excluding carboxylic acids is 1. The fourth-order valence-electron chi connectivity index (χ4n) is 2.70. The van der Waals surface area contributed by atoms with Crippen LogP contribution in [-0.4, -0.2) is 45.6 Å². The summed E-state index contributed by atoms with van der Waals surface area (Å²) < 4.78 is 0. The van der Waals surface area contributed by atoms with Gasteiger partial charge in [0.25, 0.3) is 5.91 Å². The van der Waals surface area contributed by atoms with Gasteiger partial charge in [0, 0.05) is 31.0 Å². The molecule has 5 nitrogen and oxygen atoms in total. The summed E-state index contributed by atoms with van der Waals surface area (Å²) in [4.78, 5) is 23.0. The van der Waals surface area contributed by atoms with Gasteiger partial charge in [-0.3, -0.25) is 4.79 Å². The molecule has 0 aliphatic rings. The van der Waals surface area contributed by atoms with E-state index in [0.717, 1.165) is 17.5 Å². The summed E-state index contributed by atoms with van der Waals surface area (Å²) in [6, 6.07) is 19.6. The maximum absolute atomic E-state index is 12.7. The molecule has 3 rings (SSSR count). The monoisotopic (exact) mass is 347 g/mol. The number of hydrogen-bond acceptors (Lipinski definition) is 4. The van der Waals surface area contributed by atoms with Crippen LogP contribution in [-0.2, 0) is 6.42 Å². The van der Waals surface area contributed by atoms with E-state index in [1.165, 1.54) is 0 Å². The van der Waals surface area contributed by atoms with E-state index in [1.54, 1.807) is 17.3 Å². The molecule has 3 aromatic rings. The Hall–Kier alpha value is -3.05. The minimum Gasteiger partial charge on any atom is -0.395 e. The second-order valence-corrected chi connectivity index (χ2v) is 5.91. The molecule has 0 bridgehead atoms. The first kappa shape index (κ1) is 17.8. The molecule has 1 amide bonds. The lowest BCUT2D eigenvalue weighted by molar-refractivity contribution is 0.0723. The zero-order chi connectivity index (χ0) is 18.2. The third-order valence-electron chi connectivity index (χ3n) is 4.10. The number of amides is 1. The molecule has 0 radical (unpaired) electrons. The van der Waals surface area contributed by atoms with Gasteiger partial charge in [-0.15, -0.1) is 0 Å². The van der Waals surface area contributed by atoms with Crippen LogP contribution in [0.25, 0.3) is 11.4 Å². The highest BCUT2D eigenvalue weighted by atomic mass is 16.3. The van der Waals surface area contributed by atoms with Crippen LogP contribution < -0.4 is 0 Å². The van der Waals surface area contributed by atoms with E-state index < -0.39 is 0 Å². The van der Waals surface area contributed by atoms with Crippen LogP contribution in [0.15, 0.2) is 73.1 Å². The predicted molar refractivity (Wildman–Crippen MR) is 101 cm³/mol. The van der Waals surface area contributed by atoms with E-state index in [9.17, 15) is 9.90 Å². The molecule has 0 fully saturated rings. The lowest BCUT2D eigenvalue weighted by Crippen LogP contribution is -2.35. The van der Waals surface area contributed by atoms with Gasteiger partial charge in [0.15, 0.2) is 5.82 Å². The van der Waals surface area contributed by atoms with Crippen molar-refractivity contribution >= 4 is 5.91 Å². The van der Waals surface area contributed by atoms with Crippen LogP contribution in [0.5, 0.6) is 0 Å². The molecule has 0 spiro atoms. The van der Waals surface area contributed by atoms with Crippen LogP contribution in [0.1, 0.15) is 15.9 Å². The van der Waals surface area contributed by atoms with Crippen LogP contribution in [0, 0.1) is 0 Å². The average molecular weight is 347 g/mol.